The summed E-state index contributed by atoms with van der Waals surface area (Å²) >= 11 is 1.70. The molecule has 2 radical (unpaired) electrons. The minimum atomic E-state index is 0.874. The van der Waals surface area contributed by atoms with Gasteiger partial charge < -0.3 is 5.32 Å². The molecule has 1 aliphatic heterocycles. The van der Waals surface area contributed by atoms with E-state index in [1.165, 1.54) is 10.5 Å². The average Bonchev–Trinajstić information content (AvgIpc) is 2.28. The van der Waals surface area contributed by atoms with Crippen molar-refractivity contribution >= 4 is 11.8 Å². The van der Waals surface area contributed by atoms with Crippen molar-refractivity contribution in [3.05, 3.63) is 35.6 Å². The van der Waals surface area contributed by atoms with Crippen LogP contribution in [-0.2, 0) is 6.54 Å². The molecule has 1 nitrogen and oxygen atoms in total. The summed E-state index contributed by atoms with van der Waals surface area (Å²) in [6, 6.07) is 8.44. The van der Waals surface area contributed by atoms with Gasteiger partial charge >= 0.3 is 0 Å². The lowest BCUT2D eigenvalue weighted by Crippen LogP contribution is -2.11. The molecular weight excluding hydrogens is 154 g/mol. The summed E-state index contributed by atoms with van der Waals surface area (Å²) in [7, 11) is 0. The van der Waals surface area contributed by atoms with Gasteiger partial charge in [0.25, 0.3) is 0 Å². The third kappa shape index (κ3) is 1.57. The van der Waals surface area contributed by atoms with Crippen LogP contribution in [0.2, 0.25) is 0 Å². The molecule has 1 heterocycles. The largest absolute Gasteiger partial charge is 0.311 e. The monoisotopic (exact) mass is 163 g/mol. The van der Waals surface area contributed by atoms with Gasteiger partial charge in [-0.15, -0.1) is 11.8 Å². The van der Waals surface area contributed by atoms with Crippen molar-refractivity contribution < 1.29 is 0 Å². The summed E-state index contributed by atoms with van der Waals surface area (Å²) in [4.78, 5) is 1.33. The molecule has 0 bridgehead atoms. The summed E-state index contributed by atoms with van der Waals surface area (Å²) in [5, 5.41) is 3.27. The Hall–Kier alpha value is -0.470. The van der Waals surface area contributed by atoms with Crippen LogP contribution in [0.15, 0.2) is 29.2 Å². The summed E-state index contributed by atoms with van der Waals surface area (Å²) in [5.41, 5.74) is 1.38. The van der Waals surface area contributed by atoms with E-state index in [1.54, 1.807) is 11.8 Å². The minimum absolute atomic E-state index is 0.874. The van der Waals surface area contributed by atoms with Crippen LogP contribution in [0, 0.1) is 5.75 Å². The Morgan fingerprint density at radius 1 is 1.36 bits per heavy atom. The molecule has 0 saturated carbocycles. The van der Waals surface area contributed by atoms with E-state index < -0.39 is 0 Å². The van der Waals surface area contributed by atoms with Crippen LogP contribution >= 0.6 is 11.8 Å². The molecular formula is C9H9NS. The van der Waals surface area contributed by atoms with Gasteiger partial charge in [0.15, 0.2) is 0 Å². The van der Waals surface area contributed by atoms with Crippen molar-refractivity contribution in [1.82, 2.24) is 5.32 Å². The molecule has 0 aliphatic carbocycles. The van der Waals surface area contributed by atoms with Crippen molar-refractivity contribution in [2.24, 2.45) is 0 Å². The fourth-order valence-corrected chi connectivity index (χ4v) is 1.86. The number of fused-ring (bicyclic) bond motifs is 1. The van der Waals surface area contributed by atoms with Gasteiger partial charge in [0.05, 0.1) is 5.75 Å². The highest BCUT2D eigenvalue weighted by molar-refractivity contribution is 8.01. The van der Waals surface area contributed by atoms with Crippen LogP contribution in [0.5, 0.6) is 0 Å². The molecule has 0 atom stereocenters. The number of hydrogen-bond acceptors (Lipinski definition) is 2. The molecule has 2 heteroatoms. The lowest BCUT2D eigenvalue weighted by atomic mass is 10.2. The van der Waals surface area contributed by atoms with E-state index in [4.69, 9.17) is 0 Å². The first kappa shape index (κ1) is 7.19. The van der Waals surface area contributed by atoms with E-state index >= 15 is 0 Å². The molecule has 0 spiro atoms. The molecule has 1 aliphatic rings. The van der Waals surface area contributed by atoms with Crippen LogP contribution in [0.25, 0.3) is 0 Å². The van der Waals surface area contributed by atoms with E-state index in [-0.39, 0.29) is 0 Å². The maximum absolute atomic E-state index is 3.27. The Kier molecular flexibility index (Phi) is 2.15. The smallest absolute Gasteiger partial charge is 0.0685 e. The van der Waals surface area contributed by atoms with Crippen molar-refractivity contribution in [3.63, 3.8) is 0 Å². The van der Waals surface area contributed by atoms with E-state index in [1.807, 2.05) is 0 Å². The molecule has 56 valence electrons. The van der Waals surface area contributed by atoms with Gasteiger partial charge in [-0.2, -0.15) is 0 Å². The second-order valence-electron chi connectivity index (χ2n) is 2.46. The zero-order chi connectivity index (χ0) is 7.52. The topological polar surface area (TPSA) is 12.0 Å². The van der Waals surface area contributed by atoms with Gasteiger partial charge in [0.2, 0.25) is 0 Å². The number of benzene rings is 1. The standard InChI is InChI=1S/C9H9NS/c1-2-4-9-8(3-1)7-10-5-6-11-9/h1-4,10H,5,7H2. The van der Waals surface area contributed by atoms with Crippen molar-refractivity contribution in [3.8, 4) is 0 Å². The van der Waals surface area contributed by atoms with Gasteiger partial charge in [0.1, 0.15) is 0 Å². The zero-order valence-electron chi connectivity index (χ0n) is 6.13. The molecule has 0 fully saturated rings. The molecule has 0 aromatic heterocycles. The van der Waals surface area contributed by atoms with Crippen LogP contribution < -0.4 is 5.32 Å². The Balaban J connectivity index is 2.33. The fraction of sp³-hybridized carbons (Fsp3) is 0.222. The molecule has 0 unspecified atom stereocenters. The lowest BCUT2D eigenvalue weighted by molar-refractivity contribution is 0.750. The third-order valence-electron chi connectivity index (χ3n) is 1.67. The quantitative estimate of drug-likeness (QED) is 0.627. The van der Waals surface area contributed by atoms with Gasteiger partial charge in [0, 0.05) is 18.0 Å². The molecule has 0 amide bonds. The Labute approximate surface area is 71.2 Å². The number of thioether (sulfide) groups is 1. The molecule has 1 aromatic rings. The number of nitrogens with one attached hydrogen (secondary N) is 1. The average molecular weight is 163 g/mol. The van der Waals surface area contributed by atoms with E-state index in [2.05, 4.69) is 35.3 Å². The van der Waals surface area contributed by atoms with Crippen molar-refractivity contribution in [1.29, 1.82) is 0 Å². The predicted octanol–water partition coefficient (Wildman–Crippen LogP) is 1.92. The highest BCUT2D eigenvalue weighted by Gasteiger charge is 2.05. The summed E-state index contributed by atoms with van der Waals surface area (Å²) < 4.78 is 0. The molecule has 1 aromatic carbocycles. The normalized spacial score (nSPS) is 17.1. The first-order valence-electron chi connectivity index (χ1n) is 3.65. The minimum Gasteiger partial charge on any atom is -0.311 e. The van der Waals surface area contributed by atoms with Crippen LogP contribution in [0.4, 0.5) is 0 Å². The highest BCUT2D eigenvalue weighted by Crippen LogP contribution is 2.26. The summed E-state index contributed by atoms with van der Waals surface area (Å²) in [5.74, 6) is 3.21. The number of rotatable bonds is 0. The molecule has 0 saturated heterocycles. The van der Waals surface area contributed by atoms with E-state index in [0.29, 0.717) is 0 Å². The molecule has 11 heavy (non-hydrogen) atoms. The van der Waals surface area contributed by atoms with Gasteiger partial charge in [-0.05, 0) is 11.6 Å². The van der Waals surface area contributed by atoms with Gasteiger partial charge in [-0.25, -0.2) is 0 Å². The molecule has 2 rings (SSSR count). The van der Waals surface area contributed by atoms with Crippen LogP contribution in [0.1, 0.15) is 5.56 Å². The van der Waals surface area contributed by atoms with Crippen molar-refractivity contribution in [2.45, 2.75) is 11.4 Å². The zero-order valence-corrected chi connectivity index (χ0v) is 6.95. The van der Waals surface area contributed by atoms with Crippen molar-refractivity contribution in [2.75, 3.05) is 6.54 Å². The van der Waals surface area contributed by atoms with E-state index in [9.17, 15) is 0 Å². The second-order valence-corrected chi connectivity index (χ2v) is 3.39. The number of hydrogen-bond donors (Lipinski definition) is 1. The molecule has 1 N–H and O–H groups in total. The maximum atomic E-state index is 3.27. The highest BCUT2D eigenvalue weighted by atomic mass is 32.2. The maximum Gasteiger partial charge on any atom is 0.0685 e. The Bertz CT molecular complexity index is 222. The first-order chi connectivity index (χ1) is 5.47. The fourth-order valence-electron chi connectivity index (χ4n) is 1.11. The van der Waals surface area contributed by atoms with Gasteiger partial charge in [-0.1, -0.05) is 18.2 Å². The summed E-state index contributed by atoms with van der Waals surface area (Å²) in [6.45, 7) is 1.84. The third-order valence-corrected chi connectivity index (χ3v) is 2.57. The predicted molar refractivity (Wildman–Crippen MR) is 47.2 cm³/mol. The first-order valence-corrected chi connectivity index (χ1v) is 4.47. The van der Waals surface area contributed by atoms with Gasteiger partial charge in [-0.3, -0.25) is 0 Å². The Morgan fingerprint density at radius 3 is 3.27 bits per heavy atom. The van der Waals surface area contributed by atoms with E-state index in [0.717, 1.165) is 13.1 Å². The SMILES string of the molecule is [C]1CNCc2ccccc2S1. The lowest BCUT2D eigenvalue weighted by Gasteiger charge is -2.01. The van der Waals surface area contributed by atoms with Crippen LogP contribution in [-0.4, -0.2) is 6.54 Å². The summed E-state index contributed by atoms with van der Waals surface area (Å²) in [6.07, 6.45) is 0. The Morgan fingerprint density at radius 2 is 2.27 bits per heavy atom. The second kappa shape index (κ2) is 3.28. The van der Waals surface area contributed by atoms with Crippen LogP contribution in [0.3, 0.4) is 0 Å².